The van der Waals surface area contributed by atoms with Gasteiger partial charge in [-0.05, 0) is 11.1 Å². The van der Waals surface area contributed by atoms with Gasteiger partial charge in [-0.3, -0.25) is 4.79 Å². The van der Waals surface area contributed by atoms with E-state index in [4.69, 9.17) is 4.74 Å². The zero-order chi connectivity index (χ0) is 20.1. The molecule has 0 aliphatic heterocycles. The SMILES string of the molecule is C=CCOC(=O)NC(CC(=O)OC1c2ccccc2-c2ccccc21)C(=O)[O-]. The number of carbonyl (C=O) groups excluding carboxylic acids is 3. The van der Waals surface area contributed by atoms with Crippen molar-refractivity contribution >= 4 is 18.0 Å². The van der Waals surface area contributed by atoms with Gasteiger partial charge >= 0.3 is 12.1 Å². The number of esters is 1. The minimum Gasteiger partial charge on any atom is -0.548 e. The molecular weight excluding hydrogens is 362 g/mol. The highest BCUT2D eigenvalue weighted by Gasteiger charge is 2.31. The summed E-state index contributed by atoms with van der Waals surface area (Å²) in [5, 5.41) is 13.3. The first kappa shape index (κ1) is 19.2. The monoisotopic (exact) mass is 380 g/mol. The summed E-state index contributed by atoms with van der Waals surface area (Å²) in [6.07, 6.45) is -0.892. The molecule has 1 aliphatic rings. The molecule has 0 spiro atoms. The Balaban J connectivity index is 1.72. The van der Waals surface area contributed by atoms with Gasteiger partial charge < -0.3 is 24.7 Å². The number of rotatable bonds is 7. The summed E-state index contributed by atoms with van der Waals surface area (Å²) in [6, 6.07) is 13.5. The summed E-state index contributed by atoms with van der Waals surface area (Å²) in [5.74, 6) is -2.39. The maximum Gasteiger partial charge on any atom is 0.407 e. The van der Waals surface area contributed by atoms with Gasteiger partial charge in [-0.1, -0.05) is 61.2 Å². The average Bonchev–Trinajstić information content (AvgIpc) is 3.00. The number of benzene rings is 2. The van der Waals surface area contributed by atoms with E-state index in [0.717, 1.165) is 22.3 Å². The molecule has 144 valence electrons. The van der Waals surface area contributed by atoms with Gasteiger partial charge in [0.05, 0.1) is 18.4 Å². The predicted molar refractivity (Wildman–Crippen MR) is 97.9 cm³/mol. The topological polar surface area (TPSA) is 105 Å². The number of fused-ring (bicyclic) bond motifs is 3. The van der Waals surface area contributed by atoms with E-state index in [0.29, 0.717) is 0 Å². The molecule has 0 aromatic heterocycles. The Bertz CT molecular complexity index is 877. The lowest BCUT2D eigenvalue weighted by atomic mass is 10.1. The molecule has 2 aromatic carbocycles. The summed E-state index contributed by atoms with van der Waals surface area (Å²) < 4.78 is 10.2. The number of carboxylic acids is 1. The van der Waals surface area contributed by atoms with E-state index in [1.165, 1.54) is 6.08 Å². The molecule has 0 fully saturated rings. The Hall–Kier alpha value is -3.61. The fraction of sp³-hybridized carbons (Fsp3) is 0.190. The third-order valence-electron chi connectivity index (χ3n) is 4.31. The van der Waals surface area contributed by atoms with Crippen LogP contribution in [0, 0.1) is 0 Å². The van der Waals surface area contributed by atoms with Crippen molar-refractivity contribution in [3.05, 3.63) is 72.3 Å². The zero-order valence-electron chi connectivity index (χ0n) is 14.9. The summed E-state index contributed by atoms with van der Waals surface area (Å²) >= 11 is 0. The Morgan fingerprint density at radius 1 is 1.07 bits per heavy atom. The third kappa shape index (κ3) is 4.03. The highest BCUT2D eigenvalue weighted by molar-refractivity contribution is 5.85. The van der Waals surface area contributed by atoms with Crippen molar-refractivity contribution in [3.63, 3.8) is 0 Å². The maximum absolute atomic E-state index is 12.4. The molecule has 0 radical (unpaired) electrons. The molecule has 1 unspecified atom stereocenters. The lowest BCUT2D eigenvalue weighted by Gasteiger charge is -2.20. The minimum absolute atomic E-state index is 0.0916. The van der Waals surface area contributed by atoms with Crippen LogP contribution in [-0.2, 0) is 19.1 Å². The molecule has 0 saturated heterocycles. The average molecular weight is 380 g/mol. The Morgan fingerprint density at radius 2 is 1.64 bits per heavy atom. The van der Waals surface area contributed by atoms with Gasteiger partial charge in [0.15, 0.2) is 6.10 Å². The first-order valence-electron chi connectivity index (χ1n) is 8.64. The highest BCUT2D eigenvalue weighted by Crippen LogP contribution is 2.45. The van der Waals surface area contributed by atoms with Gasteiger partial charge in [-0.25, -0.2) is 4.79 Å². The first-order chi connectivity index (χ1) is 13.5. The van der Waals surface area contributed by atoms with E-state index < -0.39 is 36.6 Å². The third-order valence-corrected chi connectivity index (χ3v) is 4.31. The molecule has 0 bridgehead atoms. The molecule has 2 aromatic rings. The Kier molecular flexibility index (Phi) is 5.74. The van der Waals surface area contributed by atoms with Crippen molar-refractivity contribution in [1.82, 2.24) is 5.32 Å². The number of amides is 1. The summed E-state index contributed by atoms with van der Waals surface area (Å²) in [7, 11) is 0. The highest BCUT2D eigenvalue weighted by atomic mass is 16.6. The smallest absolute Gasteiger partial charge is 0.407 e. The minimum atomic E-state index is -1.61. The van der Waals surface area contributed by atoms with Crippen LogP contribution in [0.3, 0.4) is 0 Å². The summed E-state index contributed by atoms with van der Waals surface area (Å²) in [6.45, 7) is 3.29. The maximum atomic E-state index is 12.4. The number of carbonyl (C=O) groups is 3. The molecule has 0 saturated carbocycles. The lowest BCUT2D eigenvalue weighted by molar-refractivity contribution is -0.308. The van der Waals surface area contributed by atoms with Crippen LogP contribution in [0.2, 0.25) is 0 Å². The normalized spacial score (nSPS) is 13.0. The van der Waals surface area contributed by atoms with E-state index in [2.05, 4.69) is 16.6 Å². The number of hydrogen-bond acceptors (Lipinski definition) is 6. The number of aliphatic carboxylic acids is 1. The fourth-order valence-corrected chi connectivity index (χ4v) is 3.09. The van der Waals surface area contributed by atoms with Crippen LogP contribution in [-0.4, -0.2) is 30.7 Å². The summed E-state index contributed by atoms with van der Waals surface area (Å²) in [5.41, 5.74) is 3.55. The van der Waals surface area contributed by atoms with Crippen LogP contribution in [0.25, 0.3) is 11.1 Å². The lowest BCUT2D eigenvalue weighted by Crippen LogP contribution is -2.49. The largest absolute Gasteiger partial charge is 0.548 e. The Labute approximate surface area is 161 Å². The molecule has 1 N–H and O–H groups in total. The molecule has 1 amide bonds. The van der Waals surface area contributed by atoms with Gasteiger partial charge in [0, 0.05) is 11.1 Å². The molecular formula is C21H18NO6-. The van der Waals surface area contributed by atoms with Gasteiger partial charge in [0.1, 0.15) is 6.61 Å². The second-order valence-corrected chi connectivity index (χ2v) is 6.15. The molecule has 28 heavy (non-hydrogen) atoms. The van der Waals surface area contributed by atoms with E-state index in [-0.39, 0.29) is 6.61 Å². The van der Waals surface area contributed by atoms with Crippen LogP contribution in [0.5, 0.6) is 0 Å². The van der Waals surface area contributed by atoms with Gasteiger partial charge in [0.2, 0.25) is 0 Å². The van der Waals surface area contributed by atoms with Gasteiger partial charge in [0.25, 0.3) is 0 Å². The number of nitrogens with one attached hydrogen (secondary N) is 1. The first-order valence-corrected chi connectivity index (χ1v) is 8.64. The van der Waals surface area contributed by atoms with Crippen molar-refractivity contribution in [3.8, 4) is 11.1 Å². The fourth-order valence-electron chi connectivity index (χ4n) is 3.09. The second kappa shape index (κ2) is 8.39. The van der Waals surface area contributed by atoms with Gasteiger partial charge in [-0.15, -0.1) is 0 Å². The van der Waals surface area contributed by atoms with Crippen molar-refractivity contribution in [2.75, 3.05) is 6.61 Å². The molecule has 7 nitrogen and oxygen atoms in total. The zero-order valence-corrected chi connectivity index (χ0v) is 14.9. The van der Waals surface area contributed by atoms with E-state index in [1.807, 2.05) is 48.5 Å². The van der Waals surface area contributed by atoms with Crippen LogP contribution in [0.15, 0.2) is 61.2 Å². The van der Waals surface area contributed by atoms with E-state index in [1.54, 1.807) is 0 Å². The summed E-state index contributed by atoms with van der Waals surface area (Å²) in [4.78, 5) is 35.2. The van der Waals surface area contributed by atoms with E-state index >= 15 is 0 Å². The number of alkyl carbamates (subject to hydrolysis) is 1. The quantitative estimate of drug-likeness (QED) is 0.579. The molecule has 7 heteroatoms. The van der Waals surface area contributed by atoms with Crippen LogP contribution < -0.4 is 10.4 Å². The van der Waals surface area contributed by atoms with Crippen molar-refractivity contribution in [2.45, 2.75) is 18.6 Å². The van der Waals surface area contributed by atoms with Crippen LogP contribution in [0.1, 0.15) is 23.7 Å². The van der Waals surface area contributed by atoms with Gasteiger partial charge in [-0.2, -0.15) is 0 Å². The van der Waals surface area contributed by atoms with Crippen molar-refractivity contribution in [2.24, 2.45) is 0 Å². The standard InChI is InChI=1S/C21H19NO6/c1-2-11-27-21(26)22-17(20(24)25)12-18(23)28-19-15-9-5-3-7-13(15)14-8-4-6-10-16(14)19/h2-10,17,19H,1,11-12H2,(H,22,26)(H,24,25)/p-1. The number of carboxylic acid groups (broad SMARTS) is 1. The molecule has 1 atom stereocenters. The Morgan fingerprint density at radius 3 is 2.18 bits per heavy atom. The molecule has 0 heterocycles. The van der Waals surface area contributed by atoms with Crippen LogP contribution >= 0.6 is 0 Å². The molecule has 1 aliphatic carbocycles. The predicted octanol–water partition coefficient (Wildman–Crippen LogP) is 1.72. The molecule has 3 rings (SSSR count). The second-order valence-electron chi connectivity index (χ2n) is 6.15. The van der Waals surface area contributed by atoms with E-state index in [9.17, 15) is 19.5 Å². The van der Waals surface area contributed by atoms with Crippen molar-refractivity contribution in [1.29, 1.82) is 0 Å². The van der Waals surface area contributed by atoms with Crippen molar-refractivity contribution < 1.29 is 29.0 Å². The number of ether oxygens (including phenoxy) is 2. The number of hydrogen-bond donors (Lipinski definition) is 1. The van der Waals surface area contributed by atoms with Crippen LogP contribution in [0.4, 0.5) is 4.79 Å².